The minimum Gasteiger partial charge on any atom is -0.291 e. The molecule has 3 nitrogen and oxygen atoms in total. The summed E-state index contributed by atoms with van der Waals surface area (Å²) in [6.45, 7) is 6.34. The Bertz CT molecular complexity index is 553. The molecule has 0 unspecified atom stereocenters. The molecule has 0 spiro atoms. The Morgan fingerprint density at radius 2 is 2.05 bits per heavy atom. The van der Waals surface area contributed by atoms with Gasteiger partial charge in [0.15, 0.2) is 5.13 Å². The van der Waals surface area contributed by atoms with E-state index in [0.717, 1.165) is 15.3 Å². The second-order valence-corrected chi connectivity index (χ2v) is 8.13. The van der Waals surface area contributed by atoms with Crippen LogP contribution in [0, 0.1) is 0 Å². The van der Waals surface area contributed by atoms with Gasteiger partial charge in [-0.3, -0.25) is 9.69 Å². The van der Waals surface area contributed by atoms with E-state index in [-0.39, 0.29) is 10.7 Å². The van der Waals surface area contributed by atoms with Crippen molar-refractivity contribution in [3.05, 3.63) is 24.3 Å². The SMILES string of the molecule is CN(C(=O)CSC(C)(C)C)c1nc2ccccc2s1. The highest BCUT2D eigenvalue weighted by Crippen LogP contribution is 2.29. The van der Waals surface area contributed by atoms with Crippen LogP contribution in [-0.4, -0.2) is 28.4 Å². The van der Waals surface area contributed by atoms with E-state index in [1.54, 1.807) is 35.0 Å². The summed E-state index contributed by atoms with van der Waals surface area (Å²) in [6, 6.07) is 7.95. The lowest BCUT2D eigenvalue weighted by Crippen LogP contribution is -2.29. The molecular weight excluding hydrogens is 276 g/mol. The summed E-state index contributed by atoms with van der Waals surface area (Å²) >= 11 is 3.21. The zero-order valence-electron chi connectivity index (χ0n) is 11.6. The van der Waals surface area contributed by atoms with E-state index in [1.165, 1.54) is 0 Å². The molecule has 0 radical (unpaired) electrons. The van der Waals surface area contributed by atoms with Crippen LogP contribution in [0.5, 0.6) is 0 Å². The van der Waals surface area contributed by atoms with Crippen LogP contribution < -0.4 is 4.90 Å². The van der Waals surface area contributed by atoms with Crippen LogP contribution in [0.4, 0.5) is 5.13 Å². The van der Waals surface area contributed by atoms with Gasteiger partial charge in [-0.1, -0.05) is 44.2 Å². The largest absolute Gasteiger partial charge is 0.291 e. The number of thioether (sulfide) groups is 1. The Hall–Kier alpha value is -1.07. The predicted molar refractivity (Wildman–Crippen MR) is 85.2 cm³/mol. The monoisotopic (exact) mass is 294 g/mol. The number of amides is 1. The van der Waals surface area contributed by atoms with E-state index >= 15 is 0 Å². The third kappa shape index (κ3) is 3.70. The molecular formula is C14H18N2OS2. The van der Waals surface area contributed by atoms with Gasteiger partial charge in [-0.05, 0) is 12.1 Å². The fraction of sp³-hybridized carbons (Fsp3) is 0.429. The molecule has 1 aromatic carbocycles. The van der Waals surface area contributed by atoms with Crippen molar-refractivity contribution in [1.82, 2.24) is 4.98 Å². The molecule has 0 fully saturated rings. The lowest BCUT2D eigenvalue weighted by atomic mass is 10.3. The van der Waals surface area contributed by atoms with E-state index in [1.807, 2.05) is 24.3 Å². The number of thiazole rings is 1. The summed E-state index contributed by atoms with van der Waals surface area (Å²) in [5.74, 6) is 0.578. The van der Waals surface area contributed by atoms with Crippen molar-refractivity contribution in [2.24, 2.45) is 0 Å². The number of para-hydroxylation sites is 1. The molecule has 0 saturated carbocycles. The summed E-state index contributed by atoms with van der Waals surface area (Å²) in [5.41, 5.74) is 0.950. The topological polar surface area (TPSA) is 33.2 Å². The number of hydrogen-bond acceptors (Lipinski definition) is 4. The standard InChI is InChI=1S/C14H18N2OS2/c1-14(2,3)18-9-12(17)16(4)13-15-10-7-5-6-8-11(10)19-13/h5-8H,9H2,1-4H3. The number of benzene rings is 1. The third-order valence-electron chi connectivity index (χ3n) is 2.57. The maximum absolute atomic E-state index is 12.1. The van der Waals surface area contributed by atoms with Crippen molar-refractivity contribution >= 4 is 44.4 Å². The van der Waals surface area contributed by atoms with E-state index in [4.69, 9.17) is 0 Å². The number of carbonyl (C=O) groups excluding carboxylic acids is 1. The highest BCUT2D eigenvalue weighted by molar-refractivity contribution is 8.01. The van der Waals surface area contributed by atoms with Crippen LogP contribution in [0.3, 0.4) is 0 Å². The van der Waals surface area contributed by atoms with Gasteiger partial charge in [-0.15, -0.1) is 11.8 Å². The second kappa shape index (κ2) is 5.51. The number of fused-ring (bicyclic) bond motifs is 1. The minimum atomic E-state index is 0.0963. The molecule has 1 amide bonds. The fourth-order valence-corrected chi connectivity index (χ4v) is 3.18. The van der Waals surface area contributed by atoms with Gasteiger partial charge in [-0.25, -0.2) is 4.98 Å². The van der Waals surface area contributed by atoms with Crippen LogP contribution >= 0.6 is 23.1 Å². The number of nitrogens with zero attached hydrogens (tertiary/aromatic N) is 2. The molecule has 5 heteroatoms. The van der Waals surface area contributed by atoms with Crippen LogP contribution in [0.2, 0.25) is 0 Å². The molecule has 0 N–H and O–H groups in total. The van der Waals surface area contributed by atoms with Gasteiger partial charge in [0.25, 0.3) is 0 Å². The predicted octanol–water partition coefficient (Wildman–Crippen LogP) is 3.79. The zero-order chi connectivity index (χ0) is 14.0. The van der Waals surface area contributed by atoms with Crippen LogP contribution in [0.25, 0.3) is 10.2 Å². The molecule has 2 aromatic rings. The average Bonchev–Trinajstić information content (AvgIpc) is 2.77. The summed E-state index contributed by atoms with van der Waals surface area (Å²) in [5, 5.41) is 0.765. The maximum atomic E-state index is 12.1. The molecule has 0 aliphatic rings. The van der Waals surface area contributed by atoms with Crippen LogP contribution in [0.15, 0.2) is 24.3 Å². The molecule has 0 saturated heterocycles. The van der Waals surface area contributed by atoms with Crippen molar-refractivity contribution in [2.45, 2.75) is 25.5 Å². The van der Waals surface area contributed by atoms with Gasteiger partial charge in [0.2, 0.25) is 5.91 Å². The number of anilines is 1. The van der Waals surface area contributed by atoms with Crippen LogP contribution in [-0.2, 0) is 4.79 Å². The Morgan fingerprint density at radius 3 is 2.68 bits per heavy atom. The first-order chi connectivity index (χ1) is 8.87. The molecule has 0 aliphatic heterocycles. The third-order valence-corrected chi connectivity index (χ3v) is 4.94. The summed E-state index contributed by atoms with van der Waals surface area (Å²) in [6.07, 6.45) is 0. The Balaban J connectivity index is 2.10. The van der Waals surface area contributed by atoms with E-state index in [0.29, 0.717) is 5.75 Å². The Labute approximate surface area is 122 Å². The van der Waals surface area contributed by atoms with Crippen molar-refractivity contribution in [3.63, 3.8) is 0 Å². The molecule has 0 atom stereocenters. The van der Waals surface area contributed by atoms with Crippen molar-refractivity contribution in [1.29, 1.82) is 0 Å². The average molecular weight is 294 g/mol. The minimum absolute atomic E-state index is 0.0963. The lowest BCUT2D eigenvalue weighted by Gasteiger charge is -2.19. The first kappa shape index (κ1) is 14.3. The molecule has 19 heavy (non-hydrogen) atoms. The van der Waals surface area contributed by atoms with Crippen LogP contribution in [0.1, 0.15) is 20.8 Å². The summed E-state index contributed by atoms with van der Waals surface area (Å²) in [7, 11) is 1.79. The quantitative estimate of drug-likeness (QED) is 0.863. The van der Waals surface area contributed by atoms with Gasteiger partial charge >= 0.3 is 0 Å². The zero-order valence-corrected chi connectivity index (χ0v) is 13.3. The van der Waals surface area contributed by atoms with Gasteiger partial charge in [0.05, 0.1) is 16.0 Å². The number of carbonyl (C=O) groups is 1. The molecule has 0 aliphatic carbocycles. The summed E-state index contributed by atoms with van der Waals surface area (Å²) < 4.78 is 1.21. The second-order valence-electron chi connectivity index (χ2n) is 5.32. The van der Waals surface area contributed by atoms with E-state index in [9.17, 15) is 4.79 Å². The Kier molecular flexibility index (Phi) is 4.16. The van der Waals surface area contributed by atoms with E-state index in [2.05, 4.69) is 25.8 Å². The molecule has 1 aromatic heterocycles. The van der Waals surface area contributed by atoms with Gasteiger partial charge in [-0.2, -0.15) is 0 Å². The van der Waals surface area contributed by atoms with Gasteiger partial charge in [0.1, 0.15) is 0 Å². The first-order valence-corrected chi connectivity index (χ1v) is 7.93. The smallest absolute Gasteiger partial charge is 0.238 e. The van der Waals surface area contributed by atoms with Crippen molar-refractivity contribution in [2.75, 3.05) is 17.7 Å². The van der Waals surface area contributed by atoms with Crippen molar-refractivity contribution in [3.8, 4) is 0 Å². The highest BCUT2D eigenvalue weighted by Gasteiger charge is 2.18. The van der Waals surface area contributed by atoms with Gasteiger partial charge < -0.3 is 0 Å². The van der Waals surface area contributed by atoms with Crippen molar-refractivity contribution < 1.29 is 4.79 Å². The number of hydrogen-bond donors (Lipinski definition) is 0. The van der Waals surface area contributed by atoms with E-state index < -0.39 is 0 Å². The Morgan fingerprint density at radius 1 is 1.37 bits per heavy atom. The first-order valence-electron chi connectivity index (χ1n) is 6.13. The highest BCUT2D eigenvalue weighted by atomic mass is 32.2. The molecule has 0 bridgehead atoms. The lowest BCUT2D eigenvalue weighted by molar-refractivity contribution is -0.115. The number of aromatic nitrogens is 1. The maximum Gasteiger partial charge on any atom is 0.238 e. The normalized spacial score (nSPS) is 11.8. The number of rotatable bonds is 3. The fourth-order valence-electron chi connectivity index (χ4n) is 1.49. The summed E-state index contributed by atoms with van der Waals surface area (Å²) in [4.78, 5) is 18.3. The molecule has 1 heterocycles. The molecule has 102 valence electrons. The van der Waals surface area contributed by atoms with Gasteiger partial charge in [0, 0.05) is 11.8 Å². The molecule has 2 rings (SSSR count).